The second-order valence-electron chi connectivity index (χ2n) is 6.22. The summed E-state index contributed by atoms with van der Waals surface area (Å²) in [7, 11) is 0. The number of amides is 2. The van der Waals surface area contributed by atoms with Crippen molar-refractivity contribution in [2.45, 2.75) is 20.4 Å². The van der Waals surface area contributed by atoms with Crippen LogP contribution < -0.4 is 10.6 Å². The molecule has 1 heterocycles. The van der Waals surface area contributed by atoms with E-state index in [0.717, 1.165) is 5.56 Å². The van der Waals surface area contributed by atoms with Crippen molar-refractivity contribution in [3.05, 3.63) is 68.7 Å². The van der Waals surface area contributed by atoms with Crippen LogP contribution in [0.15, 0.2) is 40.9 Å². The number of aromatic nitrogens is 3. The fourth-order valence-electron chi connectivity index (χ4n) is 2.56. The van der Waals surface area contributed by atoms with Gasteiger partial charge in [0.15, 0.2) is 5.69 Å². The van der Waals surface area contributed by atoms with Gasteiger partial charge < -0.3 is 10.6 Å². The molecular formula is C19H16BrClFN5O2. The molecule has 0 bridgehead atoms. The van der Waals surface area contributed by atoms with Gasteiger partial charge in [-0.1, -0.05) is 38.8 Å². The van der Waals surface area contributed by atoms with E-state index in [-0.39, 0.29) is 17.9 Å². The van der Waals surface area contributed by atoms with Crippen molar-refractivity contribution in [2.24, 2.45) is 0 Å². The summed E-state index contributed by atoms with van der Waals surface area (Å²) in [4.78, 5) is 24.8. The first kappa shape index (κ1) is 20.9. The van der Waals surface area contributed by atoms with E-state index in [2.05, 4.69) is 36.9 Å². The number of nitrogens with zero attached hydrogens (tertiary/aromatic N) is 3. The molecule has 3 aromatic rings. The predicted molar refractivity (Wildman–Crippen MR) is 112 cm³/mol. The Morgan fingerprint density at radius 2 is 1.93 bits per heavy atom. The number of anilines is 2. The second-order valence-corrected chi connectivity index (χ2v) is 7.54. The highest BCUT2D eigenvalue weighted by Crippen LogP contribution is 2.23. The number of hydrogen-bond acceptors (Lipinski definition) is 4. The molecule has 10 heteroatoms. The van der Waals surface area contributed by atoms with E-state index in [1.807, 2.05) is 0 Å². The van der Waals surface area contributed by atoms with Crippen molar-refractivity contribution in [3.63, 3.8) is 0 Å². The van der Waals surface area contributed by atoms with Gasteiger partial charge in [-0.15, -0.1) is 5.10 Å². The molecule has 0 aliphatic rings. The summed E-state index contributed by atoms with van der Waals surface area (Å²) < 4.78 is 15.7. The molecule has 0 saturated heterocycles. The number of hydrogen-bond donors (Lipinski definition) is 2. The Bertz CT molecular complexity index is 1100. The SMILES string of the molecule is Cc1c(Cl)cccc1NC(=O)c1nnn(CC(=O)Nc2ccc(Br)cc2F)c1C. The summed E-state index contributed by atoms with van der Waals surface area (Å²) in [6.45, 7) is 3.18. The lowest BCUT2D eigenvalue weighted by atomic mass is 10.2. The van der Waals surface area contributed by atoms with Gasteiger partial charge in [0.25, 0.3) is 5.91 Å². The molecule has 2 amide bonds. The first-order chi connectivity index (χ1) is 13.8. The molecule has 0 saturated carbocycles. The van der Waals surface area contributed by atoms with Crippen LogP contribution in [-0.2, 0) is 11.3 Å². The van der Waals surface area contributed by atoms with Crippen LogP contribution in [0.3, 0.4) is 0 Å². The van der Waals surface area contributed by atoms with Gasteiger partial charge in [-0.05, 0) is 49.7 Å². The Morgan fingerprint density at radius 3 is 2.66 bits per heavy atom. The molecule has 2 N–H and O–H groups in total. The summed E-state index contributed by atoms with van der Waals surface area (Å²) >= 11 is 9.22. The third-order valence-electron chi connectivity index (χ3n) is 4.21. The zero-order valence-electron chi connectivity index (χ0n) is 15.5. The minimum atomic E-state index is -0.569. The lowest BCUT2D eigenvalue weighted by Gasteiger charge is -2.09. The van der Waals surface area contributed by atoms with E-state index in [9.17, 15) is 14.0 Å². The topological polar surface area (TPSA) is 88.9 Å². The molecule has 0 aliphatic heterocycles. The number of rotatable bonds is 5. The van der Waals surface area contributed by atoms with Crippen LogP contribution in [-0.4, -0.2) is 26.8 Å². The highest BCUT2D eigenvalue weighted by Gasteiger charge is 2.19. The minimum absolute atomic E-state index is 0.0466. The number of nitrogens with one attached hydrogen (secondary N) is 2. The van der Waals surface area contributed by atoms with Crippen LogP contribution in [0.5, 0.6) is 0 Å². The first-order valence-electron chi connectivity index (χ1n) is 8.47. The molecule has 1 aromatic heterocycles. The van der Waals surface area contributed by atoms with Crippen molar-refractivity contribution in [2.75, 3.05) is 10.6 Å². The average Bonchev–Trinajstić information content (AvgIpc) is 3.02. The highest BCUT2D eigenvalue weighted by atomic mass is 79.9. The second kappa shape index (κ2) is 8.71. The van der Waals surface area contributed by atoms with Crippen LogP contribution in [0.4, 0.5) is 15.8 Å². The van der Waals surface area contributed by atoms with Gasteiger partial charge in [0, 0.05) is 15.2 Å². The molecule has 0 fully saturated rings. The third kappa shape index (κ3) is 4.80. The van der Waals surface area contributed by atoms with Crippen LogP contribution in [0, 0.1) is 19.7 Å². The van der Waals surface area contributed by atoms with Gasteiger partial charge in [0.2, 0.25) is 5.91 Å². The number of carbonyl (C=O) groups excluding carboxylic acids is 2. The van der Waals surface area contributed by atoms with Crippen LogP contribution in [0.1, 0.15) is 21.7 Å². The zero-order chi connectivity index (χ0) is 21.1. The third-order valence-corrected chi connectivity index (χ3v) is 5.11. The van der Waals surface area contributed by atoms with Crippen molar-refractivity contribution < 1.29 is 14.0 Å². The van der Waals surface area contributed by atoms with Gasteiger partial charge >= 0.3 is 0 Å². The summed E-state index contributed by atoms with van der Waals surface area (Å²) in [5.41, 5.74) is 1.80. The molecule has 0 atom stereocenters. The monoisotopic (exact) mass is 479 g/mol. The fraction of sp³-hybridized carbons (Fsp3) is 0.158. The Kier molecular flexibility index (Phi) is 6.29. The molecule has 0 unspecified atom stereocenters. The molecule has 0 radical (unpaired) electrons. The van der Waals surface area contributed by atoms with Crippen molar-refractivity contribution in [3.8, 4) is 0 Å². The molecule has 3 rings (SSSR count). The summed E-state index contributed by atoms with van der Waals surface area (Å²) in [6, 6.07) is 9.47. The lowest BCUT2D eigenvalue weighted by Crippen LogP contribution is -2.21. The predicted octanol–water partition coefficient (Wildman–Crippen LogP) is 4.34. The molecule has 29 heavy (non-hydrogen) atoms. The Labute approximate surface area is 179 Å². The maximum atomic E-state index is 13.9. The lowest BCUT2D eigenvalue weighted by molar-refractivity contribution is -0.117. The number of benzene rings is 2. The van der Waals surface area contributed by atoms with Crippen LogP contribution in [0.25, 0.3) is 0 Å². The normalized spacial score (nSPS) is 10.7. The smallest absolute Gasteiger partial charge is 0.278 e. The minimum Gasteiger partial charge on any atom is -0.322 e. The van der Waals surface area contributed by atoms with E-state index in [0.29, 0.717) is 20.9 Å². The fourth-order valence-corrected chi connectivity index (χ4v) is 3.07. The first-order valence-corrected chi connectivity index (χ1v) is 9.65. The van der Waals surface area contributed by atoms with Crippen LogP contribution in [0.2, 0.25) is 5.02 Å². The van der Waals surface area contributed by atoms with E-state index in [1.165, 1.54) is 16.8 Å². The molecule has 7 nitrogen and oxygen atoms in total. The Hall–Kier alpha value is -2.78. The molecular weight excluding hydrogens is 465 g/mol. The number of carbonyl (C=O) groups is 2. The van der Waals surface area contributed by atoms with Crippen molar-refractivity contribution in [1.29, 1.82) is 0 Å². The Morgan fingerprint density at radius 1 is 1.17 bits per heavy atom. The average molecular weight is 481 g/mol. The van der Waals surface area contributed by atoms with Gasteiger partial charge in [0.1, 0.15) is 12.4 Å². The highest BCUT2D eigenvalue weighted by molar-refractivity contribution is 9.10. The summed E-state index contributed by atoms with van der Waals surface area (Å²) in [5.74, 6) is -1.55. The van der Waals surface area contributed by atoms with E-state index in [4.69, 9.17) is 11.6 Å². The maximum absolute atomic E-state index is 13.9. The summed E-state index contributed by atoms with van der Waals surface area (Å²) in [6.07, 6.45) is 0. The zero-order valence-corrected chi connectivity index (χ0v) is 17.8. The van der Waals surface area contributed by atoms with Crippen molar-refractivity contribution >= 4 is 50.7 Å². The van der Waals surface area contributed by atoms with E-state index < -0.39 is 17.6 Å². The maximum Gasteiger partial charge on any atom is 0.278 e. The van der Waals surface area contributed by atoms with Gasteiger partial charge in [-0.25, -0.2) is 9.07 Å². The van der Waals surface area contributed by atoms with E-state index >= 15 is 0 Å². The Balaban J connectivity index is 1.70. The molecule has 150 valence electrons. The molecule has 2 aromatic carbocycles. The largest absolute Gasteiger partial charge is 0.322 e. The van der Waals surface area contributed by atoms with Gasteiger partial charge in [0.05, 0.1) is 11.4 Å². The number of halogens is 3. The quantitative estimate of drug-likeness (QED) is 0.568. The molecule has 0 spiro atoms. The molecule has 0 aliphatic carbocycles. The standard InChI is InChI=1S/C19H16BrClFN5O2/c1-10-13(21)4-3-5-15(10)24-19(29)18-11(2)27(26-25-18)9-17(28)23-16-7-6-12(20)8-14(16)22/h3-8H,9H2,1-2H3,(H,23,28)(H,24,29). The van der Waals surface area contributed by atoms with Crippen molar-refractivity contribution in [1.82, 2.24) is 15.0 Å². The van der Waals surface area contributed by atoms with Gasteiger partial charge in [-0.2, -0.15) is 0 Å². The van der Waals surface area contributed by atoms with E-state index in [1.54, 1.807) is 38.1 Å². The van der Waals surface area contributed by atoms with Gasteiger partial charge in [-0.3, -0.25) is 9.59 Å². The summed E-state index contributed by atoms with van der Waals surface area (Å²) in [5, 5.41) is 13.4. The van der Waals surface area contributed by atoms with Crippen LogP contribution >= 0.6 is 27.5 Å².